The minimum Gasteiger partial charge on any atom is -0.382 e. The van der Waals surface area contributed by atoms with Gasteiger partial charge in [-0.2, -0.15) is 5.10 Å². The molecule has 5 rings (SSSR count). The van der Waals surface area contributed by atoms with Gasteiger partial charge in [-0.15, -0.1) is 0 Å². The Hall–Kier alpha value is -4.12. The number of aryl methyl sites for hydroxylation is 3. The van der Waals surface area contributed by atoms with Gasteiger partial charge in [0.25, 0.3) is 5.91 Å². The molecule has 0 radical (unpaired) electrons. The van der Waals surface area contributed by atoms with E-state index >= 15 is 0 Å². The topological polar surface area (TPSA) is 103 Å². The quantitative estimate of drug-likeness (QED) is 0.416. The number of anilines is 2. The van der Waals surface area contributed by atoms with Crippen molar-refractivity contribution in [2.75, 3.05) is 18.9 Å². The predicted octanol–water partition coefficient (Wildman–Crippen LogP) is 3.24. The van der Waals surface area contributed by atoms with Crippen molar-refractivity contribution in [2.24, 2.45) is 6.98 Å². The Morgan fingerprint density at radius 1 is 1.28 bits per heavy atom. The zero-order chi connectivity index (χ0) is 34.0. The fourth-order valence-corrected chi connectivity index (χ4v) is 3.72. The molecule has 0 unspecified atom stereocenters. The number of carbonyl (C=O) groups is 1. The lowest BCUT2D eigenvalue weighted by molar-refractivity contribution is 0.0380. The molecular weight excluding hydrogens is 463 g/mol. The Kier molecular flexibility index (Phi) is 3.81. The number of aromatic nitrogens is 6. The molecule has 1 aromatic carbocycles. The van der Waals surface area contributed by atoms with Crippen LogP contribution in [0.1, 0.15) is 41.0 Å². The molecule has 0 saturated carbocycles. The highest BCUT2D eigenvalue weighted by Gasteiger charge is 2.35. The smallest absolute Gasteiger partial charge is 0.290 e. The second kappa shape index (κ2) is 9.50. The van der Waals surface area contributed by atoms with Gasteiger partial charge in [0.1, 0.15) is 17.3 Å². The van der Waals surface area contributed by atoms with Crippen molar-refractivity contribution in [1.82, 2.24) is 34.2 Å². The van der Waals surface area contributed by atoms with Crippen LogP contribution in [-0.4, -0.2) is 59.7 Å². The van der Waals surface area contributed by atoms with Crippen LogP contribution in [0.4, 0.5) is 16.2 Å². The second-order valence-corrected chi connectivity index (χ2v) is 8.07. The van der Waals surface area contributed by atoms with Gasteiger partial charge in [-0.3, -0.25) is 9.48 Å². The number of amides is 1. The lowest BCUT2D eigenvalue weighted by atomic mass is 10.1. The number of halogens is 1. The number of fused-ring (bicyclic) bond motifs is 1. The van der Waals surface area contributed by atoms with Gasteiger partial charge >= 0.3 is 0 Å². The summed E-state index contributed by atoms with van der Waals surface area (Å²) in [5.74, 6) is -2.19. The molecule has 1 aliphatic heterocycles. The normalized spacial score (nSPS) is 20.9. The van der Waals surface area contributed by atoms with Crippen LogP contribution in [-0.2, 0) is 24.8 Å². The first-order valence-corrected chi connectivity index (χ1v) is 10.7. The third-order valence-corrected chi connectivity index (χ3v) is 5.58. The van der Waals surface area contributed by atoms with Gasteiger partial charge in [-0.05, 0) is 36.6 Å². The Morgan fingerprint density at radius 3 is 2.97 bits per heavy atom. The number of ether oxygens (including phenoxy) is 1. The standard InChI is InChI=1S/C25H27FN8O2/c1-15-5-6-17(9-19(15)26)11-34-18(14-36-4)12-33-13-20(29-23(33)24(34)35)22-16(2)10-27-25(31-22)30-21-7-8-28-32(21)3/h5-10,13,18H,11-12,14H2,1-4H3,(H,27,30,31)/t18-/m0/s1/i3D3,4D3,11D2,14D2. The molecule has 0 aliphatic carbocycles. The van der Waals surface area contributed by atoms with Gasteiger partial charge in [0, 0.05) is 49.6 Å². The number of imidazole rings is 1. The summed E-state index contributed by atoms with van der Waals surface area (Å²) in [5.41, 5.74) is 0.658. The van der Waals surface area contributed by atoms with Gasteiger partial charge < -0.3 is 19.5 Å². The summed E-state index contributed by atoms with van der Waals surface area (Å²) in [6.45, 7) is -5.95. The summed E-state index contributed by atoms with van der Waals surface area (Å²) >= 11 is 0. The Balaban J connectivity index is 1.58. The molecule has 36 heavy (non-hydrogen) atoms. The molecule has 1 aliphatic rings. The third kappa shape index (κ3) is 4.44. The first-order valence-electron chi connectivity index (χ1n) is 15.7. The van der Waals surface area contributed by atoms with Crippen molar-refractivity contribution in [3.05, 3.63) is 71.2 Å². The summed E-state index contributed by atoms with van der Waals surface area (Å²) < 4.78 is 101. The average Bonchev–Trinajstić information content (AvgIpc) is 3.57. The largest absolute Gasteiger partial charge is 0.382 e. The Labute approximate surface area is 221 Å². The van der Waals surface area contributed by atoms with E-state index < -0.39 is 51.4 Å². The second-order valence-electron chi connectivity index (χ2n) is 8.07. The summed E-state index contributed by atoms with van der Waals surface area (Å²) in [4.78, 5) is 27.4. The zero-order valence-electron chi connectivity index (χ0n) is 29.2. The highest BCUT2D eigenvalue weighted by molar-refractivity contribution is 5.92. The van der Waals surface area contributed by atoms with E-state index in [1.807, 2.05) is 0 Å². The van der Waals surface area contributed by atoms with Gasteiger partial charge in [-0.25, -0.2) is 19.3 Å². The molecule has 10 nitrogen and oxygen atoms in total. The summed E-state index contributed by atoms with van der Waals surface area (Å²) in [6, 6.07) is 2.96. The van der Waals surface area contributed by atoms with Crippen LogP contribution in [0, 0.1) is 19.7 Å². The number of hydrogen-bond donors (Lipinski definition) is 1. The van der Waals surface area contributed by atoms with Crippen molar-refractivity contribution in [3.8, 4) is 11.4 Å². The average molecular weight is 501 g/mol. The van der Waals surface area contributed by atoms with Crippen LogP contribution >= 0.6 is 0 Å². The van der Waals surface area contributed by atoms with E-state index in [0.29, 0.717) is 10.5 Å². The number of carbonyl (C=O) groups excluding carboxylic acids is 1. The summed E-state index contributed by atoms with van der Waals surface area (Å²) in [7, 11) is -3.25. The van der Waals surface area contributed by atoms with Crippen LogP contribution in [0.25, 0.3) is 11.4 Å². The predicted molar refractivity (Wildman–Crippen MR) is 131 cm³/mol. The number of nitrogens with zero attached hydrogens (tertiary/aromatic N) is 7. The molecule has 11 heteroatoms. The van der Waals surface area contributed by atoms with Crippen LogP contribution < -0.4 is 5.32 Å². The number of rotatable bonds is 7. The van der Waals surface area contributed by atoms with Crippen molar-refractivity contribution in [1.29, 1.82) is 0 Å². The first-order chi connectivity index (χ1) is 21.2. The Morgan fingerprint density at radius 2 is 2.17 bits per heavy atom. The maximum Gasteiger partial charge on any atom is 0.290 e. The van der Waals surface area contributed by atoms with E-state index in [0.717, 1.165) is 10.7 Å². The number of benzene rings is 1. The molecule has 186 valence electrons. The third-order valence-electron chi connectivity index (χ3n) is 5.58. The van der Waals surface area contributed by atoms with Crippen molar-refractivity contribution >= 4 is 17.7 Å². The van der Waals surface area contributed by atoms with Gasteiger partial charge in [0.05, 0.1) is 34.1 Å². The number of hydrogen-bond acceptors (Lipinski definition) is 7. The van der Waals surface area contributed by atoms with Gasteiger partial charge in [0.2, 0.25) is 5.95 Å². The molecule has 3 aromatic heterocycles. The molecule has 1 atom stereocenters. The van der Waals surface area contributed by atoms with E-state index in [1.165, 1.54) is 48.3 Å². The Bertz CT molecular complexity index is 1800. The highest BCUT2D eigenvalue weighted by Crippen LogP contribution is 2.27. The number of methoxy groups -OCH3 is 1. The first kappa shape index (κ1) is 14.4. The maximum absolute atomic E-state index is 14.5. The maximum atomic E-state index is 14.5. The molecule has 0 fully saturated rings. The molecule has 4 aromatic rings. The monoisotopic (exact) mass is 500 g/mol. The SMILES string of the molecule is [2H]C([2H])([2H])OC([2H])([2H])[C@@H]1Cn2cc(-c3nc(Nc4ccnn4C([2H])([2H])[2H])ncc3C)nc2C(=O)N1C([2H])([2H])c1ccc(C)c(F)c1. The molecule has 0 spiro atoms. The van der Waals surface area contributed by atoms with Crippen LogP contribution in [0.2, 0.25) is 0 Å². The number of nitrogens with one attached hydrogen (secondary N) is 1. The van der Waals surface area contributed by atoms with Crippen LogP contribution in [0.5, 0.6) is 0 Å². The minimum absolute atomic E-state index is 0.0384. The fraction of sp³-hybridized carbons (Fsp3) is 0.320. The molecular formula is C25H27FN8O2. The van der Waals surface area contributed by atoms with Gasteiger partial charge in [0.15, 0.2) is 5.82 Å². The van der Waals surface area contributed by atoms with Crippen molar-refractivity contribution < 1.29 is 27.6 Å². The van der Waals surface area contributed by atoms with Gasteiger partial charge in [-0.1, -0.05) is 12.1 Å². The van der Waals surface area contributed by atoms with E-state index in [-0.39, 0.29) is 40.1 Å². The van der Waals surface area contributed by atoms with E-state index in [2.05, 4.69) is 25.4 Å². The van der Waals surface area contributed by atoms with Crippen molar-refractivity contribution in [2.45, 2.75) is 32.9 Å². The minimum atomic E-state index is -3.25. The molecule has 1 N–H and O–H groups in total. The van der Waals surface area contributed by atoms with E-state index in [4.69, 9.17) is 18.4 Å². The van der Waals surface area contributed by atoms with Crippen molar-refractivity contribution in [3.63, 3.8) is 0 Å². The molecule has 0 saturated heterocycles. The molecule has 1 amide bonds. The lowest BCUT2D eigenvalue weighted by Gasteiger charge is -2.35. The molecule has 4 heterocycles. The lowest BCUT2D eigenvalue weighted by Crippen LogP contribution is -2.49. The van der Waals surface area contributed by atoms with E-state index in [1.54, 1.807) is 6.92 Å². The molecule has 0 bridgehead atoms. The zero-order valence-corrected chi connectivity index (χ0v) is 19.2. The summed E-state index contributed by atoms with van der Waals surface area (Å²) in [5, 5.41) is 6.57. The van der Waals surface area contributed by atoms with E-state index in [9.17, 15) is 9.18 Å². The fourth-order valence-electron chi connectivity index (χ4n) is 3.72. The van der Waals surface area contributed by atoms with Crippen LogP contribution in [0.15, 0.2) is 42.9 Å². The highest BCUT2D eigenvalue weighted by atomic mass is 19.1. The summed E-state index contributed by atoms with van der Waals surface area (Å²) in [6.07, 6.45) is 4.05. The van der Waals surface area contributed by atoms with Crippen LogP contribution in [0.3, 0.4) is 0 Å².